The van der Waals surface area contributed by atoms with E-state index in [4.69, 9.17) is 22.1 Å². The van der Waals surface area contributed by atoms with Crippen molar-refractivity contribution in [1.29, 1.82) is 0 Å². The van der Waals surface area contributed by atoms with Crippen molar-refractivity contribution >= 4 is 33.0 Å². The molecule has 0 radical (unpaired) electrons. The van der Waals surface area contributed by atoms with E-state index >= 15 is 0 Å². The Kier molecular flexibility index (Phi) is 3.66. The minimum atomic E-state index is -0.232. The Morgan fingerprint density at radius 2 is 2.00 bits per heavy atom. The van der Waals surface area contributed by atoms with Gasteiger partial charge in [-0.05, 0) is 34.5 Å². The van der Waals surface area contributed by atoms with E-state index in [1.165, 1.54) is 10.1 Å². The summed E-state index contributed by atoms with van der Waals surface area (Å²) in [5.41, 5.74) is 8.50. The SMILES string of the molecule is COc1cc(Cl)ccc1C(N)c1cccc2ccsc12. The van der Waals surface area contributed by atoms with Gasteiger partial charge in [0.1, 0.15) is 5.75 Å². The van der Waals surface area contributed by atoms with Crippen LogP contribution in [0.15, 0.2) is 47.8 Å². The van der Waals surface area contributed by atoms with Crippen molar-refractivity contribution in [3.63, 3.8) is 0 Å². The molecule has 4 heteroatoms. The van der Waals surface area contributed by atoms with Crippen LogP contribution in [0.5, 0.6) is 5.75 Å². The summed E-state index contributed by atoms with van der Waals surface area (Å²) in [6.45, 7) is 0. The Morgan fingerprint density at radius 3 is 2.80 bits per heavy atom. The topological polar surface area (TPSA) is 35.2 Å². The first-order chi connectivity index (χ1) is 9.70. The number of nitrogens with two attached hydrogens (primary N) is 1. The third kappa shape index (κ3) is 2.29. The summed E-state index contributed by atoms with van der Waals surface area (Å²) in [5, 5.41) is 3.95. The maximum atomic E-state index is 6.45. The fraction of sp³-hybridized carbons (Fsp3) is 0.125. The fourth-order valence-corrected chi connectivity index (χ4v) is 3.49. The molecule has 0 bridgehead atoms. The fourth-order valence-electron chi connectivity index (χ4n) is 2.37. The van der Waals surface area contributed by atoms with Crippen molar-refractivity contribution in [2.75, 3.05) is 7.11 Å². The van der Waals surface area contributed by atoms with E-state index in [0.29, 0.717) is 5.02 Å². The maximum Gasteiger partial charge on any atom is 0.125 e. The van der Waals surface area contributed by atoms with Crippen molar-refractivity contribution in [1.82, 2.24) is 0 Å². The number of ether oxygens (including phenoxy) is 1. The average molecular weight is 304 g/mol. The first-order valence-electron chi connectivity index (χ1n) is 6.26. The van der Waals surface area contributed by atoms with Crippen LogP contribution in [0, 0.1) is 0 Å². The largest absolute Gasteiger partial charge is 0.496 e. The van der Waals surface area contributed by atoms with Gasteiger partial charge in [0.05, 0.1) is 13.2 Å². The van der Waals surface area contributed by atoms with E-state index in [0.717, 1.165) is 16.9 Å². The third-order valence-electron chi connectivity index (χ3n) is 3.38. The molecule has 20 heavy (non-hydrogen) atoms. The summed E-state index contributed by atoms with van der Waals surface area (Å²) in [7, 11) is 1.63. The number of rotatable bonds is 3. The first-order valence-corrected chi connectivity index (χ1v) is 7.51. The predicted molar refractivity (Wildman–Crippen MR) is 85.9 cm³/mol. The quantitative estimate of drug-likeness (QED) is 0.767. The normalized spacial score (nSPS) is 12.6. The highest BCUT2D eigenvalue weighted by Gasteiger charge is 2.17. The number of fused-ring (bicyclic) bond motifs is 1. The van der Waals surface area contributed by atoms with Crippen LogP contribution in [-0.4, -0.2) is 7.11 Å². The molecule has 1 atom stereocenters. The van der Waals surface area contributed by atoms with Gasteiger partial charge in [0.2, 0.25) is 0 Å². The highest BCUT2D eigenvalue weighted by Crippen LogP contribution is 2.35. The molecular formula is C16H14ClNOS. The Hall–Kier alpha value is -1.55. The second kappa shape index (κ2) is 5.44. The van der Waals surface area contributed by atoms with Crippen LogP contribution in [0.3, 0.4) is 0 Å². The van der Waals surface area contributed by atoms with Gasteiger partial charge in [-0.1, -0.05) is 35.9 Å². The second-order valence-electron chi connectivity index (χ2n) is 4.55. The minimum Gasteiger partial charge on any atom is -0.496 e. The number of hydrogen-bond acceptors (Lipinski definition) is 3. The summed E-state index contributed by atoms with van der Waals surface area (Å²) in [5.74, 6) is 0.721. The van der Waals surface area contributed by atoms with Gasteiger partial charge in [-0.15, -0.1) is 11.3 Å². The zero-order valence-electron chi connectivity index (χ0n) is 11.0. The molecule has 102 valence electrons. The molecule has 0 amide bonds. The Morgan fingerprint density at radius 1 is 1.15 bits per heavy atom. The molecule has 1 heterocycles. The number of thiophene rings is 1. The van der Waals surface area contributed by atoms with Gasteiger partial charge in [-0.25, -0.2) is 0 Å². The smallest absolute Gasteiger partial charge is 0.125 e. The van der Waals surface area contributed by atoms with Gasteiger partial charge in [-0.2, -0.15) is 0 Å². The molecule has 1 unspecified atom stereocenters. The number of benzene rings is 2. The summed E-state index contributed by atoms with van der Waals surface area (Å²) >= 11 is 7.71. The van der Waals surface area contributed by atoms with Crippen LogP contribution in [0.1, 0.15) is 17.2 Å². The zero-order chi connectivity index (χ0) is 14.1. The molecule has 2 aromatic carbocycles. The van der Waals surface area contributed by atoms with E-state index in [-0.39, 0.29) is 6.04 Å². The predicted octanol–water partition coefficient (Wildman–Crippen LogP) is 4.61. The molecule has 1 aromatic heterocycles. The Labute approximate surface area is 126 Å². The third-order valence-corrected chi connectivity index (χ3v) is 4.59. The second-order valence-corrected chi connectivity index (χ2v) is 5.90. The van der Waals surface area contributed by atoms with Crippen molar-refractivity contribution in [3.8, 4) is 5.75 Å². The lowest BCUT2D eigenvalue weighted by molar-refractivity contribution is 0.408. The lowest BCUT2D eigenvalue weighted by Crippen LogP contribution is -2.13. The van der Waals surface area contributed by atoms with Crippen LogP contribution in [0.4, 0.5) is 0 Å². The maximum absolute atomic E-state index is 6.45. The van der Waals surface area contributed by atoms with Gasteiger partial charge >= 0.3 is 0 Å². The molecule has 0 saturated heterocycles. The van der Waals surface area contributed by atoms with E-state index in [2.05, 4.69) is 23.6 Å². The Bertz CT molecular complexity index is 753. The van der Waals surface area contributed by atoms with Crippen LogP contribution >= 0.6 is 22.9 Å². The van der Waals surface area contributed by atoms with Gasteiger partial charge in [-0.3, -0.25) is 0 Å². The zero-order valence-corrected chi connectivity index (χ0v) is 12.5. The van der Waals surface area contributed by atoms with Crippen LogP contribution in [-0.2, 0) is 0 Å². The van der Waals surface area contributed by atoms with E-state index in [1.807, 2.05) is 18.2 Å². The van der Waals surface area contributed by atoms with Gasteiger partial charge in [0.15, 0.2) is 0 Å². The molecule has 0 saturated carbocycles. The molecule has 0 aliphatic carbocycles. The van der Waals surface area contributed by atoms with Crippen molar-refractivity contribution in [2.45, 2.75) is 6.04 Å². The number of hydrogen-bond donors (Lipinski definition) is 1. The van der Waals surface area contributed by atoms with E-state index < -0.39 is 0 Å². The van der Waals surface area contributed by atoms with Gasteiger partial charge < -0.3 is 10.5 Å². The first kappa shape index (κ1) is 13.4. The average Bonchev–Trinajstić information content (AvgIpc) is 2.94. The van der Waals surface area contributed by atoms with Crippen LogP contribution < -0.4 is 10.5 Å². The molecule has 3 aromatic rings. The van der Waals surface area contributed by atoms with Crippen molar-refractivity contribution < 1.29 is 4.74 Å². The van der Waals surface area contributed by atoms with E-state index in [9.17, 15) is 0 Å². The summed E-state index contributed by atoms with van der Waals surface area (Å²) in [6, 6.07) is 13.6. The lowest BCUT2D eigenvalue weighted by Gasteiger charge is -2.17. The highest BCUT2D eigenvalue weighted by atomic mass is 35.5. The molecule has 2 nitrogen and oxygen atoms in total. The van der Waals surface area contributed by atoms with Crippen LogP contribution in [0.2, 0.25) is 5.02 Å². The number of methoxy groups -OCH3 is 1. The lowest BCUT2D eigenvalue weighted by atomic mass is 9.98. The summed E-state index contributed by atoms with van der Waals surface area (Å²) in [6.07, 6.45) is 0. The van der Waals surface area contributed by atoms with Crippen molar-refractivity contribution in [2.24, 2.45) is 5.73 Å². The molecule has 0 aliphatic rings. The summed E-state index contributed by atoms with van der Waals surface area (Å²) in [4.78, 5) is 0. The molecule has 0 spiro atoms. The van der Waals surface area contributed by atoms with Crippen molar-refractivity contribution in [3.05, 3.63) is 64.0 Å². The molecule has 3 rings (SSSR count). The molecule has 0 fully saturated rings. The van der Waals surface area contributed by atoms with Gasteiger partial charge in [0, 0.05) is 15.3 Å². The van der Waals surface area contributed by atoms with Crippen LogP contribution in [0.25, 0.3) is 10.1 Å². The molecular weight excluding hydrogens is 290 g/mol. The monoisotopic (exact) mass is 303 g/mol. The highest BCUT2D eigenvalue weighted by molar-refractivity contribution is 7.17. The van der Waals surface area contributed by atoms with E-state index in [1.54, 1.807) is 24.5 Å². The minimum absolute atomic E-state index is 0.232. The Balaban J connectivity index is 2.13. The molecule has 2 N–H and O–H groups in total. The van der Waals surface area contributed by atoms with Gasteiger partial charge in [0.25, 0.3) is 0 Å². The summed E-state index contributed by atoms with van der Waals surface area (Å²) < 4.78 is 6.62. The molecule has 0 aliphatic heterocycles. The number of halogens is 1. The standard InChI is InChI=1S/C16H14ClNOS/c1-19-14-9-11(17)5-6-12(14)15(18)13-4-2-3-10-7-8-20-16(10)13/h2-9,15H,18H2,1H3.